The van der Waals surface area contributed by atoms with Crippen LogP contribution in [0.5, 0.6) is 0 Å². The molecule has 2 fully saturated rings. The van der Waals surface area contributed by atoms with Gasteiger partial charge in [0.2, 0.25) is 10.0 Å². The Balaban J connectivity index is 1.44. The summed E-state index contributed by atoms with van der Waals surface area (Å²) in [6.45, 7) is 0.911. The molecule has 1 N–H and O–H groups in total. The van der Waals surface area contributed by atoms with Gasteiger partial charge in [-0.25, -0.2) is 12.7 Å². The first-order valence-electron chi connectivity index (χ1n) is 10.4. The maximum absolute atomic E-state index is 12.9. The third kappa shape index (κ3) is 5.06. The number of carbonyl (C=O) groups excluding carboxylic acids is 1. The first kappa shape index (κ1) is 20.1. The van der Waals surface area contributed by atoms with Crippen molar-refractivity contribution in [3.05, 3.63) is 71.8 Å². The number of benzene rings is 2. The van der Waals surface area contributed by atoms with Crippen molar-refractivity contribution in [2.24, 2.45) is 5.92 Å². The van der Waals surface area contributed by atoms with E-state index in [0.29, 0.717) is 37.4 Å². The van der Waals surface area contributed by atoms with E-state index in [0.717, 1.165) is 12.0 Å². The maximum Gasteiger partial charge on any atom is 0.251 e. The molecule has 0 spiro atoms. The SMILES string of the molecule is O=C(NC1(CC2CC2)CCN(S(=O)(=O)Cc2ccccc2)CC1)c1ccccc1. The summed E-state index contributed by atoms with van der Waals surface area (Å²) in [4.78, 5) is 12.8. The molecule has 154 valence electrons. The molecule has 1 aliphatic carbocycles. The second-order valence-corrected chi connectivity index (χ2v) is 10.4. The Hall–Kier alpha value is -2.18. The number of nitrogens with one attached hydrogen (secondary N) is 1. The lowest BCUT2D eigenvalue weighted by atomic mass is 9.83. The second kappa shape index (κ2) is 8.28. The smallest absolute Gasteiger partial charge is 0.251 e. The highest BCUT2D eigenvalue weighted by molar-refractivity contribution is 7.88. The minimum Gasteiger partial charge on any atom is -0.346 e. The Morgan fingerprint density at radius 1 is 0.966 bits per heavy atom. The number of sulfonamides is 1. The van der Waals surface area contributed by atoms with Crippen molar-refractivity contribution in [3.8, 4) is 0 Å². The number of rotatable bonds is 7. The third-order valence-electron chi connectivity index (χ3n) is 6.06. The van der Waals surface area contributed by atoms with E-state index in [1.165, 1.54) is 12.8 Å². The normalized spacial score (nSPS) is 19.6. The Morgan fingerprint density at radius 3 is 2.14 bits per heavy atom. The topological polar surface area (TPSA) is 66.5 Å². The van der Waals surface area contributed by atoms with Crippen LogP contribution in [-0.2, 0) is 15.8 Å². The van der Waals surface area contributed by atoms with Crippen LogP contribution in [0.15, 0.2) is 60.7 Å². The fraction of sp³-hybridized carbons (Fsp3) is 0.435. The second-order valence-electron chi connectivity index (χ2n) is 8.39. The summed E-state index contributed by atoms with van der Waals surface area (Å²) in [7, 11) is -3.36. The molecule has 0 aromatic heterocycles. The fourth-order valence-corrected chi connectivity index (χ4v) is 5.76. The van der Waals surface area contributed by atoms with Gasteiger partial charge in [-0.05, 0) is 42.9 Å². The van der Waals surface area contributed by atoms with Gasteiger partial charge in [-0.15, -0.1) is 0 Å². The zero-order chi connectivity index (χ0) is 20.3. The molecule has 1 saturated carbocycles. The van der Waals surface area contributed by atoms with Gasteiger partial charge >= 0.3 is 0 Å². The van der Waals surface area contributed by atoms with Crippen molar-refractivity contribution in [2.45, 2.75) is 43.4 Å². The molecule has 29 heavy (non-hydrogen) atoms. The lowest BCUT2D eigenvalue weighted by molar-refractivity contribution is 0.0837. The molecule has 2 aromatic carbocycles. The zero-order valence-corrected chi connectivity index (χ0v) is 17.4. The van der Waals surface area contributed by atoms with Crippen LogP contribution >= 0.6 is 0 Å². The van der Waals surface area contributed by atoms with E-state index in [9.17, 15) is 13.2 Å². The number of piperidine rings is 1. The Labute approximate surface area is 173 Å². The van der Waals surface area contributed by atoms with Crippen LogP contribution < -0.4 is 5.32 Å². The van der Waals surface area contributed by atoms with Crippen LogP contribution in [0.25, 0.3) is 0 Å². The highest BCUT2D eigenvalue weighted by Crippen LogP contribution is 2.41. The van der Waals surface area contributed by atoms with Gasteiger partial charge in [-0.2, -0.15) is 0 Å². The molecule has 6 heteroatoms. The average molecular weight is 413 g/mol. The lowest BCUT2D eigenvalue weighted by Crippen LogP contribution is -2.56. The molecule has 4 rings (SSSR count). The molecule has 2 aromatic rings. The maximum atomic E-state index is 12.9. The summed E-state index contributed by atoms with van der Waals surface area (Å²) in [5, 5.41) is 3.28. The first-order valence-corrected chi connectivity index (χ1v) is 12.0. The van der Waals surface area contributed by atoms with Crippen molar-refractivity contribution in [2.75, 3.05) is 13.1 Å². The molecule has 1 heterocycles. The van der Waals surface area contributed by atoms with Gasteiger partial charge in [-0.1, -0.05) is 61.4 Å². The van der Waals surface area contributed by atoms with E-state index in [2.05, 4.69) is 5.32 Å². The summed E-state index contributed by atoms with van der Waals surface area (Å²) in [5.74, 6) is 0.616. The average Bonchev–Trinajstić information content (AvgIpc) is 3.53. The zero-order valence-electron chi connectivity index (χ0n) is 16.6. The molecular formula is C23H28N2O3S. The highest BCUT2D eigenvalue weighted by Gasteiger charge is 2.42. The van der Waals surface area contributed by atoms with Gasteiger partial charge in [0, 0.05) is 24.2 Å². The van der Waals surface area contributed by atoms with Crippen molar-refractivity contribution in [1.29, 1.82) is 0 Å². The standard InChI is InChI=1S/C23H28N2O3S/c26-22(21-9-5-2-6-10-21)24-23(17-19-11-12-19)13-15-25(16-14-23)29(27,28)18-20-7-3-1-4-8-20/h1-10,19H,11-18H2,(H,24,26). The summed E-state index contributed by atoms with van der Waals surface area (Å²) in [5.41, 5.74) is 1.15. The van der Waals surface area contributed by atoms with E-state index in [1.54, 1.807) is 4.31 Å². The summed E-state index contributed by atoms with van der Waals surface area (Å²) in [6.07, 6.45) is 4.68. The Bertz CT molecular complexity index is 933. The quantitative estimate of drug-likeness (QED) is 0.756. The molecule has 5 nitrogen and oxygen atoms in total. The van der Waals surface area contributed by atoms with E-state index in [-0.39, 0.29) is 17.2 Å². The third-order valence-corrected chi connectivity index (χ3v) is 7.91. The van der Waals surface area contributed by atoms with Gasteiger partial charge < -0.3 is 5.32 Å². The number of carbonyl (C=O) groups is 1. The largest absolute Gasteiger partial charge is 0.346 e. The van der Waals surface area contributed by atoms with Gasteiger partial charge in [0.1, 0.15) is 0 Å². The van der Waals surface area contributed by atoms with Gasteiger partial charge in [-0.3, -0.25) is 4.79 Å². The molecule has 0 bridgehead atoms. The van der Waals surface area contributed by atoms with Gasteiger partial charge in [0.15, 0.2) is 0 Å². The predicted molar refractivity (Wildman–Crippen MR) is 114 cm³/mol. The van der Waals surface area contributed by atoms with E-state index in [4.69, 9.17) is 0 Å². The van der Waals surface area contributed by atoms with Crippen molar-refractivity contribution >= 4 is 15.9 Å². The van der Waals surface area contributed by atoms with Crippen LogP contribution in [0.3, 0.4) is 0 Å². The van der Waals surface area contributed by atoms with E-state index in [1.807, 2.05) is 60.7 Å². The molecule has 1 aliphatic heterocycles. The summed E-state index contributed by atoms with van der Waals surface area (Å²) >= 11 is 0. The number of nitrogens with zero attached hydrogens (tertiary/aromatic N) is 1. The van der Waals surface area contributed by atoms with Crippen LogP contribution in [0, 0.1) is 5.92 Å². The number of hydrogen-bond donors (Lipinski definition) is 1. The Morgan fingerprint density at radius 2 is 1.55 bits per heavy atom. The fourth-order valence-electron chi connectivity index (χ4n) is 4.23. The Kier molecular flexibility index (Phi) is 5.74. The van der Waals surface area contributed by atoms with Crippen molar-refractivity contribution in [1.82, 2.24) is 9.62 Å². The van der Waals surface area contributed by atoms with Gasteiger partial charge in [0.05, 0.1) is 5.75 Å². The van der Waals surface area contributed by atoms with E-state index < -0.39 is 10.0 Å². The molecular weight excluding hydrogens is 384 g/mol. The van der Waals surface area contributed by atoms with Crippen molar-refractivity contribution < 1.29 is 13.2 Å². The van der Waals surface area contributed by atoms with Crippen LogP contribution in [0.4, 0.5) is 0 Å². The molecule has 0 unspecified atom stereocenters. The molecule has 0 radical (unpaired) electrons. The minimum atomic E-state index is -3.36. The van der Waals surface area contributed by atoms with Crippen LogP contribution in [-0.4, -0.2) is 37.3 Å². The highest BCUT2D eigenvalue weighted by atomic mass is 32.2. The molecule has 1 amide bonds. The molecule has 0 atom stereocenters. The first-order chi connectivity index (χ1) is 14.0. The predicted octanol–water partition coefficient (Wildman–Crippen LogP) is 3.58. The van der Waals surface area contributed by atoms with Crippen LogP contribution in [0.1, 0.15) is 48.0 Å². The molecule has 2 aliphatic rings. The van der Waals surface area contributed by atoms with Gasteiger partial charge in [0.25, 0.3) is 5.91 Å². The molecule has 1 saturated heterocycles. The number of amides is 1. The summed E-state index contributed by atoms with van der Waals surface area (Å²) in [6, 6.07) is 18.6. The van der Waals surface area contributed by atoms with Crippen LogP contribution in [0.2, 0.25) is 0 Å². The lowest BCUT2D eigenvalue weighted by Gasteiger charge is -2.42. The monoisotopic (exact) mass is 412 g/mol. The van der Waals surface area contributed by atoms with E-state index >= 15 is 0 Å². The summed E-state index contributed by atoms with van der Waals surface area (Å²) < 4.78 is 27.4. The number of hydrogen-bond acceptors (Lipinski definition) is 3. The minimum absolute atomic E-state index is 0.0276. The van der Waals surface area contributed by atoms with Crippen molar-refractivity contribution in [3.63, 3.8) is 0 Å².